The van der Waals surface area contributed by atoms with Crippen molar-refractivity contribution in [3.63, 3.8) is 0 Å². The van der Waals surface area contributed by atoms with Crippen molar-refractivity contribution >= 4 is 11.6 Å². The van der Waals surface area contributed by atoms with E-state index < -0.39 is 0 Å². The quantitative estimate of drug-likeness (QED) is 0.792. The number of nitrogens with zero attached hydrogens (tertiary/aromatic N) is 1. The lowest BCUT2D eigenvalue weighted by Crippen LogP contribution is -2.32. The summed E-state index contributed by atoms with van der Waals surface area (Å²) < 4.78 is 5.28. The van der Waals surface area contributed by atoms with Crippen LogP contribution in [0.1, 0.15) is 49.4 Å². The van der Waals surface area contributed by atoms with Gasteiger partial charge in [-0.1, -0.05) is 31.2 Å². The molecule has 2 aromatic carbocycles. The molecule has 0 aliphatic carbocycles. The first-order chi connectivity index (χ1) is 13.5. The highest BCUT2D eigenvalue weighted by atomic mass is 16.5. The van der Waals surface area contributed by atoms with Crippen LogP contribution in [0.3, 0.4) is 0 Å². The van der Waals surface area contributed by atoms with Crippen molar-refractivity contribution in [2.45, 2.75) is 46.1 Å². The van der Waals surface area contributed by atoms with Crippen molar-refractivity contribution in [2.75, 3.05) is 25.1 Å². The van der Waals surface area contributed by atoms with Crippen molar-refractivity contribution in [3.8, 4) is 5.75 Å². The number of amides is 1. The first kappa shape index (κ1) is 20.2. The zero-order valence-electron chi connectivity index (χ0n) is 17.5. The second kappa shape index (κ2) is 9.13. The molecule has 1 atom stereocenters. The van der Waals surface area contributed by atoms with Gasteiger partial charge < -0.3 is 15.0 Å². The molecular weight excluding hydrogens is 348 g/mol. The maximum atomic E-state index is 12.5. The Bertz CT molecular complexity index is 793. The monoisotopic (exact) mass is 380 g/mol. The molecule has 3 rings (SSSR count). The number of aryl methyl sites for hydroxylation is 1. The molecule has 1 fully saturated rings. The first-order valence-corrected chi connectivity index (χ1v) is 10.2. The van der Waals surface area contributed by atoms with Crippen LogP contribution < -0.4 is 15.0 Å². The minimum Gasteiger partial charge on any atom is -0.496 e. The van der Waals surface area contributed by atoms with Crippen LogP contribution >= 0.6 is 0 Å². The number of piperidine rings is 1. The van der Waals surface area contributed by atoms with Crippen molar-refractivity contribution < 1.29 is 9.53 Å². The average Bonchev–Trinajstić information content (AvgIpc) is 2.69. The number of nitrogens with one attached hydrogen (secondary N) is 1. The molecule has 1 saturated heterocycles. The maximum absolute atomic E-state index is 12.5. The summed E-state index contributed by atoms with van der Waals surface area (Å²) in [5.41, 5.74) is 4.46. The standard InChI is InChI=1S/C24H32N2O2/c1-17-11-13-26(14-12-17)22-8-6-21(7-9-22)19(3)25-24(27)16-20-5-10-23(28-4)18(2)15-20/h5-10,15,17,19H,11-14,16H2,1-4H3,(H,25,27)/t19-/m0/s1. The van der Waals surface area contributed by atoms with Gasteiger partial charge in [0.1, 0.15) is 5.75 Å². The number of hydrogen-bond donors (Lipinski definition) is 1. The molecule has 1 aliphatic heterocycles. The molecule has 28 heavy (non-hydrogen) atoms. The van der Waals surface area contributed by atoms with E-state index in [9.17, 15) is 4.79 Å². The molecule has 0 radical (unpaired) electrons. The number of rotatable bonds is 6. The molecule has 1 amide bonds. The summed E-state index contributed by atoms with van der Waals surface area (Å²) in [6.45, 7) is 8.63. The minimum atomic E-state index is -0.0118. The van der Waals surface area contributed by atoms with Gasteiger partial charge in [-0.05, 0) is 67.5 Å². The molecule has 1 N–H and O–H groups in total. The van der Waals surface area contributed by atoms with E-state index in [0.717, 1.165) is 41.4 Å². The van der Waals surface area contributed by atoms with Crippen molar-refractivity contribution in [3.05, 3.63) is 59.2 Å². The van der Waals surface area contributed by atoms with E-state index in [0.29, 0.717) is 6.42 Å². The first-order valence-electron chi connectivity index (χ1n) is 10.2. The fourth-order valence-corrected chi connectivity index (χ4v) is 3.85. The Balaban J connectivity index is 1.55. The van der Waals surface area contributed by atoms with Gasteiger partial charge in [0.15, 0.2) is 0 Å². The number of carbonyl (C=O) groups excluding carboxylic acids is 1. The molecule has 4 nitrogen and oxygen atoms in total. The lowest BCUT2D eigenvalue weighted by molar-refractivity contribution is -0.121. The fourth-order valence-electron chi connectivity index (χ4n) is 3.85. The molecule has 0 aromatic heterocycles. The van der Waals surface area contributed by atoms with E-state index in [2.05, 4.69) is 41.4 Å². The third-order valence-corrected chi connectivity index (χ3v) is 5.74. The highest BCUT2D eigenvalue weighted by Crippen LogP contribution is 2.25. The Morgan fingerprint density at radius 1 is 1.18 bits per heavy atom. The third kappa shape index (κ3) is 5.06. The number of carbonyl (C=O) groups is 1. The Labute approximate surface area is 168 Å². The summed E-state index contributed by atoms with van der Waals surface area (Å²) in [5, 5.41) is 3.11. The van der Waals surface area contributed by atoms with Crippen LogP contribution in [0.2, 0.25) is 0 Å². The Morgan fingerprint density at radius 2 is 1.86 bits per heavy atom. The largest absolute Gasteiger partial charge is 0.496 e. The summed E-state index contributed by atoms with van der Waals surface area (Å²) in [5.74, 6) is 1.71. The molecule has 4 heteroatoms. The van der Waals surface area contributed by atoms with E-state index in [1.807, 2.05) is 32.0 Å². The molecule has 0 unspecified atom stereocenters. The van der Waals surface area contributed by atoms with Crippen molar-refractivity contribution in [1.82, 2.24) is 5.32 Å². The highest BCUT2D eigenvalue weighted by Gasteiger charge is 2.16. The van der Waals surface area contributed by atoms with Gasteiger partial charge >= 0.3 is 0 Å². The zero-order valence-corrected chi connectivity index (χ0v) is 17.5. The van der Waals surface area contributed by atoms with Crippen LogP contribution in [-0.4, -0.2) is 26.1 Å². The van der Waals surface area contributed by atoms with E-state index in [1.165, 1.54) is 18.5 Å². The average molecular weight is 381 g/mol. The molecule has 2 aromatic rings. The van der Waals surface area contributed by atoms with Crippen LogP contribution in [0.5, 0.6) is 5.75 Å². The van der Waals surface area contributed by atoms with Gasteiger partial charge in [0, 0.05) is 18.8 Å². The van der Waals surface area contributed by atoms with Gasteiger partial charge in [-0.2, -0.15) is 0 Å². The molecule has 1 aliphatic rings. The number of hydrogen-bond acceptors (Lipinski definition) is 3. The van der Waals surface area contributed by atoms with E-state index in [4.69, 9.17) is 4.74 Å². The Morgan fingerprint density at radius 3 is 2.46 bits per heavy atom. The second-order valence-electron chi connectivity index (χ2n) is 8.03. The summed E-state index contributed by atoms with van der Waals surface area (Å²) in [6.07, 6.45) is 2.90. The Hall–Kier alpha value is -2.49. The molecule has 0 spiro atoms. The van der Waals surface area contributed by atoms with Gasteiger partial charge in [0.2, 0.25) is 5.91 Å². The lowest BCUT2D eigenvalue weighted by atomic mass is 9.98. The van der Waals surface area contributed by atoms with Crippen molar-refractivity contribution in [1.29, 1.82) is 0 Å². The van der Waals surface area contributed by atoms with Crippen LogP contribution in [0.25, 0.3) is 0 Å². The Kier molecular flexibility index (Phi) is 6.61. The van der Waals surface area contributed by atoms with E-state index in [-0.39, 0.29) is 11.9 Å². The highest BCUT2D eigenvalue weighted by molar-refractivity contribution is 5.79. The minimum absolute atomic E-state index is 0.0118. The zero-order chi connectivity index (χ0) is 20.1. The smallest absolute Gasteiger partial charge is 0.224 e. The van der Waals surface area contributed by atoms with Gasteiger partial charge in [-0.25, -0.2) is 0 Å². The summed E-state index contributed by atoms with van der Waals surface area (Å²) in [4.78, 5) is 14.9. The summed E-state index contributed by atoms with van der Waals surface area (Å²) >= 11 is 0. The molecular formula is C24H32N2O2. The molecule has 0 saturated carbocycles. The van der Waals surface area contributed by atoms with Crippen molar-refractivity contribution in [2.24, 2.45) is 5.92 Å². The predicted molar refractivity (Wildman–Crippen MR) is 115 cm³/mol. The lowest BCUT2D eigenvalue weighted by Gasteiger charge is -2.32. The molecule has 150 valence electrons. The van der Waals surface area contributed by atoms with E-state index in [1.54, 1.807) is 7.11 Å². The fraction of sp³-hybridized carbons (Fsp3) is 0.458. The van der Waals surface area contributed by atoms with Gasteiger partial charge in [-0.3, -0.25) is 4.79 Å². The second-order valence-corrected chi connectivity index (χ2v) is 8.03. The van der Waals surface area contributed by atoms with Crippen LogP contribution in [-0.2, 0) is 11.2 Å². The third-order valence-electron chi connectivity index (χ3n) is 5.74. The molecule has 1 heterocycles. The van der Waals surface area contributed by atoms with Gasteiger partial charge in [0.05, 0.1) is 19.6 Å². The van der Waals surface area contributed by atoms with Gasteiger partial charge in [-0.15, -0.1) is 0 Å². The van der Waals surface area contributed by atoms with E-state index >= 15 is 0 Å². The predicted octanol–water partition coefficient (Wildman–Crippen LogP) is 4.66. The summed E-state index contributed by atoms with van der Waals surface area (Å²) in [7, 11) is 1.66. The van der Waals surface area contributed by atoms with Gasteiger partial charge in [0.25, 0.3) is 0 Å². The topological polar surface area (TPSA) is 41.6 Å². The number of methoxy groups -OCH3 is 1. The number of benzene rings is 2. The maximum Gasteiger partial charge on any atom is 0.224 e. The SMILES string of the molecule is COc1ccc(CC(=O)N[C@@H](C)c2ccc(N3CCC(C)CC3)cc2)cc1C. The summed E-state index contributed by atoms with van der Waals surface area (Å²) in [6, 6.07) is 14.5. The van der Waals surface area contributed by atoms with Crippen LogP contribution in [0.15, 0.2) is 42.5 Å². The molecule has 0 bridgehead atoms. The number of ether oxygens (including phenoxy) is 1. The van der Waals surface area contributed by atoms with Crippen LogP contribution in [0.4, 0.5) is 5.69 Å². The van der Waals surface area contributed by atoms with Crippen LogP contribution in [0, 0.1) is 12.8 Å². The normalized spacial score (nSPS) is 15.9. The number of anilines is 1.